The molecule has 0 aliphatic carbocycles. The summed E-state index contributed by atoms with van der Waals surface area (Å²) in [5, 5.41) is 11.5. The van der Waals surface area contributed by atoms with Crippen LogP contribution in [0.2, 0.25) is 0 Å². The Balaban J connectivity index is 2.09. The summed E-state index contributed by atoms with van der Waals surface area (Å²) >= 11 is -1.70. The number of benzene rings is 2. The van der Waals surface area contributed by atoms with Gasteiger partial charge in [-0.2, -0.15) is 0 Å². The van der Waals surface area contributed by atoms with Gasteiger partial charge in [0.05, 0.1) is 0 Å². The number of aromatic hydroxyl groups is 1. The van der Waals surface area contributed by atoms with E-state index >= 15 is 0 Å². The molecule has 4 rings (SSSR count). The Morgan fingerprint density at radius 2 is 2.00 bits per heavy atom. The molecule has 1 saturated heterocycles. The molecule has 1 fully saturated rings. The number of hydrogen-bond acceptors (Lipinski definition) is 3. The van der Waals surface area contributed by atoms with E-state index in [2.05, 4.69) is 9.40 Å². The predicted molar refractivity (Wildman–Crippen MR) is 88.2 cm³/mol. The fourth-order valence-electron chi connectivity index (χ4n) is 3.12. The number of phenolic OH excluding ortho intramolecular Hbond substituents is 1. The minimum atomic E-state index is -1.70. The molecule has 0 radical (unpaired) electrons. The molecule has 113 valence electrons. The van der Waals surface area contributed by atoms with Crippen molar-refractivity contribution in [2.24, 2.45) is 0 Å². The molecule has 2 heterocycles. The van der Waals surface area contributed by atoms with Crippen molar-refractivity contribution in [2.45, 2.75) is 29.5 Å². The molecule has 6 heteroatoms. The molecule has 2 aromatic carbocycles. The number of phenols is 1. The first-order valence-electron chi connectivity index (χ1n) is 7.47. The van der Waals surface area contributed by atoms with Gasteiger partial charge in [0.1, 0.15) is 0 Å². The van der Waals surface area contributed by atoms with Gasteiger partial charge in [-0.15, -0.1) is 0 Å². The van der Waals surface area contributed by atoms with Crippen molar-refractivity contribution in [3.63, 3.8) is 0 Å². The molecule has 2 aliphatic rings. The minimum absolute atomic E-state index is 0.110. The van der Waals surface area contributed by atoms with Crippen LogP contribution in [-0.2, 0) is 9.31 Å². The molecule has 2 aromatic rings. The van der Waals surface area contributed by atoms with E-state index in [-0.39, 0.29) is 11.6 Å². The molecular weight excluding hydrogens is 486 g/mol. The molecule has 0 saturated carbocycles. The second-order valence-corrected chi connectivity index (χ2v) is 13.2. The van der Waals surface area contributed by atoms with Crippen LogP contribution in [0.5, 0.6) is 5.75 Å². The summed E-state index contributed by atoms with van der Waals surface area (Å²) in [6.45, 7) is 6.07. The average molecular weight is 500 g/mol. The van der Waals surface area contributed by atoms with Crippen molar-refractivity contribution in [3.8, 4) is 15.1 Å². The third kappa shape index (κ3) is 2.23. The molecule has 2 aliphatic heterocycles. The van der Waals surface area contributed by atoms with E-state index in [0.29, 0.717) is 16.4 Å². The van der Waals surface area contributed by atoms with Crippen LogP contribution in [0, 0.1) is 15.2 Å². The summed E-state index contributed by atoms with van der Waals surface area (Å²) in [6, 6.07) is 6.26. The van der Waals surface area contributed by atoms with Crippen molar-refractivity contribution >= 4 is 47.6 Å². The van der Waals surface area contributed by atoms with E-state index in [9.17, 15) is 9.50 Å². The monoisotopic (exact) mass is 501 g/mol. The number of hydrogen-bond donors (Lipinski definition) is 1. The van der Waals surface area contributed by atoms with Gasteiger partial charge in [0.25, 0.3) is 0 Å². The van der Waals surface area contributed by atoms with Gasteiger partial charge in [-0.25, -0.2) is 0 Å². The Morgan fingerprint density at radius 1 is 1.22 bits per heavy atom. The Hall–Kier alpha value is -1.10. The van der Waals surface area contributed by atoms with Crippen LogP contribution in [0.15, 0.2) is 24.3 Å². The molecular formula is C17H14BFO3Tl. The fourth-order valence-corrected chi connectivity index (χ4v) is 7.39. The second-order valence-electron chi connectivity index (χ2n) is 6.65. The van der Waals surface area contributed by atoms with E-state index in [1.54, 1.807) is 18.2 Å². The van der Waals surface area contributed by atoms with Gasteiger partial charge in [-0.05, 0) is 0 Å². The fraction of sp³-hybridized carbons (Fsp3) is 0.294. The standard InChI is InChI=1S/C17H14BFO3.Tl/c1-5-13-15(19)7-6-11-8-12(20)9-14(16(11)13)18-21-10(2)17(3,4)22-18;/h6-9,20H,2-4H3;. The zero-order valence-electron chi connectivity index (χ0n) is 13.1. The summed E-state index contributed by atoms with van der Waals surface area (Å²) in [6.07, 6.45) is 0. The summed E-state index contributed by atoms with van der Waals surface area (Å²) < 4.78 is 29.6. The molecule has 0 amide bonds. The van der Waals surface area contributed by atoms with Gasteiger partial charge in [0.15, 0.2) is 0 Å². The normalized spacial score (nSPS) is 23.9. The Bertz CT molecular complexity index is 902. The average Bonchev–Trinajstić information content (AvgIpc) is 2.73. The number of rotatable bonds is 0. The van der Waals surface area contributed by atoms with Gasteiger partial charge in [-0.3, -0.25) is 0 Å². The van der Waals surface area contributed by atoms with E-state index in [1.165, 1.54) is 6.07 Å². The second kappa shape index (κ2) is 4.95. The van der Waals surface area contributed by atoms with Crippen LogP contribution in [-0.4, -0.2) is 45.2 Å². The van der Waals surface area contributed by atoms with Crippen LogP contribution in [0.4, 0.5) is 4.39 Å². The van der Waals surface area contributed by atoms with Gasteiger partial charge >= 0.3 is 147 Å². The Kier molecular flexibility index (Phi) is 3.32. The maximum absolute atomic E-state index is 14.3. The molecule has 1 N–H and O–H groups in total. The van der Waals surface area contributed by atoms with Crippen LogP contribution in [0.1, 0.15) is 26.3 Å². The SMILES string of the molecule is CC1(C)OB2O[C]1(C)[Tl][C]#Cc1c(F)ccc3cc(O)cc2c13. The van der Waals surface area contributed by atoms with Gasteiger partial charge in [0.2, 0.25) is 0 Å². The zero-order valence-corrected chi connectivity index (χ0v) is 17.6. The van der Waals surface area contributed by atoms with Crippen molar-refractivity contribution in [1.29, 1.82) is 0 Å². The molecule has 23 heavy (non-hydrogen) atoms. The first kappa shape index (κ1) is 15.4. The van der Waals surface area contributed by atoms with Crippen LogP contribution < -0.4 is 5.46 Å². The Labute approximate surface area is 146 Å². The summed E-state index contributed by atoms with van der Waals surface area (Å²) in [7, 11) is -0.622. The van der Waals surface area contributed by atoms with E-state index in [0.717, 1.165) is 5.39 Å². The van der Waals surface area contributed by atoms with E-state index in [1.807, 2.05) is 20.8 Å². The quantitative estimate of drug-likeness (QED) is 0.444. The van der Waals surface area contributed by atoms with E-state index in [4.69, 9.17) is 9.31 Å². The molecule has 0 aromatic heterocycles. The van der Waals surface area contributed by atoms with Crippen LogP contribution in [0.3, 0.4) is 0 Å². The van der Waals surface area contributed by atoms with Crippen molar-refractivity contribution in [2.75, 3.05) is 0 Å². The number of halogens is 1. The molecule has 2 bridgehead atoms. The third-order valence-electron chi connectivity index (χ3n) is 4.83. The van der Waals surface area contributed by atoms with Gasteiger partial charge < -0.3 is 0 Å². The maximum atomic E-state index is 14.3. The van der Waals surface area contributed by atoms with Crippen LogP contribution >= 0.6 is 0 Å². The van der Waals surface area contributed by atoms with Crippen molar-refractivity contribution in [1.82, 2.24) is 0 Å². The number of fused-ring (bicyclic) bond motifs is 3. The molecule has 1 atom stereocenters. The Morgan fingerprint density at radius 3 is 2.78 bits per heavy atom. The van der Waals surface area contributed by atoms with Crippen molar-refractivity contribution < 1.29 is 18.8 Å². The topological polar surface area (TPSA) is 38.7 Å². The van der Waals surface area contributed by atoms with Crippen LogP contribution in [0.25, 0.3) is 10.8 Å². The van der Waals surface area contributed by atoms with Gasteiger partial charge in [0, 0.05) is 0 Å². The predicted octanol–water partition coefficient (Wildman–Crippen LogP) is 1.95. The molecule has 0 spiro atoms. The first-order valence-corrected chi connectivity index (χ1v) is 12.0. The van der Waals surface area contributed by atoms with E-state index < -0.39 is 40.1 Å². The summed E-state index contributed by atoms with van der Waals surface area (Å²) in [5.41, 5.74) is 0.577. The molecule has 1 unspecified atom stereocenters. The zero-order chi connectivity index (χ0) is 16.4. The summed E-state index contributed by atoms with van der Waals surface area (Å²) in [4.78, 5) is 0. The first-order chi connectivity index (χ1) is 10.8. The van der Waals surface area contributed by atoms with Gasteiger partial charge in [-0.1, -0.05) is 0 Å². The third-order valence-corrected chi connectivity index (χ3v) is 11.3. The van der Waals surface area contributed by atoms with Crippen molar-refractivity contribution in [3.05, 3.63) is 35.6 Å². The molecule has 3 nitrogen and oxygen atoms in total. The summed E-state index contributed by atoms with van der Waals surface area (Å²) in [5.74, 6) is 2.82.